The van der Waals surface area contributed by atoms with E-state index in [-0.39, 0.29) is 17.3 Å². The van der Waals surface area contributed by atoms with Gasteiger partial charge in [0.2, 0.25) is 0 Å². The number of aryl methyl sites for hydroxylation is 1. The van der Waals surface area contributed by atoms with Crippen LogP contribution in [0, 0.1) is 18.2 Å². The van der Waals surface area contributed by atoms with Crippen LogP contribution in [0.1, 0.15) is 50.5 Å². The van der Waals surface area contributed by atoms with Crippen LogP contribution in [0.2, 0.25) is 0 Å². The van der Waals surface area contributed by atoms with Gasteiger partial charge in [-0.15, -0.1) is 0 Å². The van der Waals surface area contributed by atoms with Crippen molar-refractivity contribution in [3.63, 3.8) is 0 Å². The van der Waals surface area contributed by atoms with Gasteiger partial charge in [0.05, 0.1) is 0 Å². The standard InChI is InChI=1S/C18H26FNO/c1-13-7-8-14(11-15(13)19)21-17-12-16(20-2)18(17)9-5-3-4-6-10-18/h7-8,11,16-17,20H,3-6,9-10,12H2,1-2H3. The lowest BCUT2D eigenvalue weighted by Gasteiger charge is -2.55. The number of halogens is 1. The molecule has 0 aliphatic heterocycles. The maximum atomic E-state index is 13.7. The zero-order chi connectivity index (χ0) is 14.9. The lowest BCUT2D eigenvalue weighted by molar-refractivity contribution is -0.0883. The molecule has 0 aromatic heterocycles. The second-order valence-electron chi connectivity index (χ2n) is 6.74. The fourth-order valence-corrected chi connectivity index (χ4v) is 4.19. The zero-order valence-electron chi connectivity index (χ0n) is 13.1. The van der Waals surface area contributed by atoms with Gasteiger partial charge in [-0.05, 0) is 38.4 Å². The highest BCUT2D eigenvalue weighted by molar-refractivity contribution is 5.29. The minimum Gasteiger partial charge on any atom is -0.490 e. The van der Waals surface area contributed by atoms with Crippen LogP contribution < -0.4 is 10.1 Å². The molecule has 1 N–H and O–H groups in total. The van der Waals surface area contributed by atoms with E-state index in [1.807, 2.05) is 6.07 Å². The molecule has 2 aliphatic carbocycles. The first-order chi connectivity index (χ1) is 10.2. The molecule has 2 atom stereocenters. The topological polar surface area (TPSA) is 21.3 Å². The van der Waals surface area contributed by atoms with Crippen LogP contribution in [0.5, 0.6) is 5.75 Å². The van der Waals surface area contributed by atoms with E-state index in [0.29, 0.717) is 17.4 Å². The number of ether oxygens (including phenoxy) is 1. The van der Waals surface area contributed by atoms with Crippen molar-refractivity contribution < 1.29 is 9.13 Å². The number of hydrogen-bond acceptors (Lipinski definition) is 2. The van der Waals surface area contributed by atoms with Crippen molar-refractivity contribution in [2.24, 2.45) is 5.41 Å². The molecule has 2 saturated carbocycles. The average Bonchev–Trinajstić information content (AvgIpc) is 2.74. The van der Waals surface area contributed by atoms with Crippen LogP contribution >= 0.6 is 0 Å². The number of benzene rings is 1. The van der Waals surface area contributed by atoms with Crippen LogP contribution in [0.15, 0.2) is 18.2 Å². The van der Waals surface area contributed by atoms with Crippen LogP contribution in [-0.4, -0.2) is 19.2 Å². The Morgan fingerprint density at radius 1 is 1.19 bits per heavy atom. The van der Waals surface area contributed by atoms with Gasteiger partial charge in [0.25, 0.3) is 0 Å². The third kappa shape index (κ3) is 2.68. The summed E-state index contributed by atoms with van der Waals surface area (Å²) in [6.07, 6.45) is 8.99. The van der Waals surface area contributed by atoms with E-state index in [4.69, 9.17) is 4.74 Å². The van der Waals surface area contributed by atoms with E-state index in [2.05, 4.69) is 12.4 Å². The van der Waals surface area contributed by atoms with Crippen LogP contribution in [-0.2, 0) is 0 Å². The Bertz CT molecular complexity index is 494. The van der Waals surface area contributed by atoms with Crippen molar-refractivity contribution in [3.05, 3.63) is 29.6 Å². The minimum atomic E-state index is -0.174. The maximum absolute atomic E-state index is 13.7. The highest BCUT2D eigenvalue weighted by Crippen LogP contribution is 2.52. The Hall–Kier alpha value is -1.09. The third-order valence-electron chi connectivity index (χ3n) is 5.59. The summed E-state index contributed by atoms with van der Waals surface area (Å²) in [5.74, 6) is 0.508. The molecule has 2 unspecified atom stereocenters. The molecule has 0 bridgehead atoms. The lowest BCUT2D eigenvalue weighted by atomic mass is 9.58. The summed E-state index contributed by atoms with van der Waals surface area (Å²) < 4.78 is 19.9. The number of rotatable bonds is 3. The van der Waals surface area contributed by atoms with Gasteiger partial charge >= 0.3 is 0 Å². The second kappa shape index (κ2) is 5.96. The minimum absolute atomic E-state index is 0.174. The summed E-state index contributed by atoms with van der Waals surface area (Å²) in [5, 5.41) is 3.47. The van der Waals surface area contributed by atoms with Crippen molar-refractivity contribution >= 4 is 0 Å². The van der Waals surface area contributed by atoms with E-state index in [9.17, 15) is 4.39 Å². The van der Waals surface area contributed by atoms with E-state index in [0.717, 1.165) is 6.42 Å². The van der Waals surface area contributed by atoms with Gasteiger partial charge in [0.15, 0.2) is 0 Å². The van der Waals surface area contributed by atoms with Crippen molar-refractivity contribution in [2.45, 2.75) is 64.0 Å². The molecular formula is C18H26FNO. The third-order valence-corrected chi connectivity index (χ3v) is 5.59. The quantitative estimate of drug-likeness (QED) is 0.900. The molecule has 21 heavy (non-hydrogen) atoms. The predicted molar refractivity (Wildman–Crippen MR) is 83.2 cm³/mol. The highest BCUT2D eigenvalue weighted by atomic mass is 19.1. The molecule has 116 valence electrons. The monoisotopic (exact) mass is 291 g/mol. The Balaban J connectivity index is 1.76. The molecule has 0 heterocycles. The first kappa shape index (κ1) is 14.8. The van der Waals surface area contributed by atoms with Crippen LogP contribution in [0.3, 0.4) is 0 Å². The summed E-state index contributed by atoms with van der Waals surface area (Å²) in [4.78, 5) is 0. The first-order valence-corrected chi connectivity index (χ1v) is 8.26. The lowest BCUT2D eigenvalue weighted by Crippen LogP contribution is -2.64. The Labute approximate surface area is 127 Å². The van der Waals surface area contributed by atoms with Gasteiger partial charge in [-0.1, -0.05) is 31.7 Å². The Kier molecular flexibility index (Phi) is 4.21. The van der Waals surface area contributed by atoms with Gasteiger partial charge in [0.1, 0.15) is 17.7 Å². The van der Waals surface area contributed by atoms with Crippen molar-refractivity contribution in [3.8, 4) is 5.75 Å². The average molecular weight is 291 g/mol. The molecule has 1 spiro atoms. The maximum Gasteiger partial charge on any atom is 0.129 e. The van der Waals surface area contributed by atoms with Gasteiger partial charge in [-0.3, -0.25) is 0 Å². The predicted octanol–water partition coefficient (Wildman–Crippen LogP) is 4.21. The van der Waals surface area contributed by atoms with Gasteiger partial charge in [0, 0.05) is 23.9 Å². The van der Waals surface area contributed by atoms with Gasteiger partial charge in [-0.2, -0.15) is 0 Å². The summed E-state index contributed by atoms with van der Waals surface area (Å²) in [6, 6.07) is 5.79. The zero-order valence-corrected chi connectivity index (χ0v) is 13.1. The Morgan fingerprint density at radius 2 is 1.90 bits per heavy atom. The molecule has 1 aromatic carbocycles. The largest absolute Gasteiger partial charge is 0.490 e. The van der Waals surface area contributed by atoms with E-state index < -0.39 is 0 Å². The molecule has 3 rings (SSSR count). The molecule has 1 aromatic rings. The van der Waals surface area contributed by atoms with E-state index >= 15 is 0 Å². The van der Waals surface area contributed by atoms with Gasteiger partial charge in [-0.25, -0.2) is 4.39 Å². The molecule has 2 aliphatic rings. The molecule has 0 amide bonds. The second-order valence-corrected chi connectivity index (χ2v) is 6.74. The first-order valence-electron chi connectivity index (χ1n) is 8.26. The number of nitrogens with one attached hydrogen (secondary N) is 1. The summed E-state index contributed by atoms with van der Waals surface area (Å²) in [5.41, 5.74) is 0.931. The van der Waals surface area contributed by atoms with Crippen LogP contribution in [0.25, 0.3) is 0 Å². The summed E-state index contributed by atoms with van der Waals surface area (Å²) >= 11 is 0. The normalized spacial score (nSPS) is 28.0. The molecule has 0 radical (unpaired) electrons. The highest BCUT2D eigenvalue weighted by Gasteiger charge is 2.55. The molecular weight excluding hydrogens is 265 g/mol. The fourth-order valence-electron chi connectivity index (χ4n) is 4.19. The molecule has 3 heteroatoms. The Morgan fingerprint density at radius 3 is 2.52 bits per heavy atom. The summed E-state index contributed by atoms with van der Waals surface area (Å²) in [6.45, 7) is 1.78. The SMILES string of the molecule is CNC1CC(Oc2ccc(C)c(F)c2)C12CCCCCC2. The fraction of sp³-hybridized carbons (Fsp3) is 0.667. The molecule has 2 nitrogen and oxygen atoms in total. The van der Waals surface area contributed by atoms with Crippen molar-refractivity contribution in [1.82, 2.24) is 5.32 Å². The molecule has 0 saturated heterocycles. The smallest absolute Gasteiger partial charge is 0.129 e. The van der Waals surface area contributed by atoms with Crippen molar-refractivity contribution in [1.29, 1.82) is 0 Å². The summed E-state index contributed by atoms with van der Waals surface area (Å²) in [7, 11) is 2.05. The van der Waals surface area contributed by atoms with E-state index in [1.54, 1.807) is 13.0 Å². The molecule has 2 fully saturated rings. The van der Waals surface area contributed by atoms with E-state index in [1.165, 1.54) is 44.6 Å². The van der Waals surface area contributed by atoms with Crippen LogP contribution in [0.4, 0.5) is 4.39 Å². The van der Waals surface area contributed by atoms with Gasteiger partial charge < -0.3 is 10.1 Å². The number of hydrogen-bond donors (Lipinski definition) is 1. The van der Waals surface area contributed by atoms with Crippen molar-refractivity contribution in [2.75, 3.05) is 7.05 Å².